The average Bonchev–Trinajstić information content (AvgIpc) is 2.53. The van der Waals surface area contributed by atoms with Gasteiger partial charge in [0.05, 0.1) is 0 Å². The van der Waals surface area contributed by atoms with Crippen molar-refractivity contribution in [3.05, 3.63) is 0 Å². The third-order valence-electron chi connectivity index (χ3n) is 5.08. The highest BCUT2D eigenvalue weighted by Crippen LogP contribution is 2.17. The second-order valence-corrected chi connectivity index (χ2v) is 7.43. The fraction of sp³-hybridized carbons (Fsp3) is 0.950. The molecule has 1 fully saturated rings. The molecule has 0 aromatic carbocycles. The summed E-state index contributed by atoms with van der Waals surface area (Å²) in [5, 5.41) is 3.32. The van der Waals surface area contributed by atoms with Crippen LogP contribution in [0, 0.1) is 0 Å². The van der Waals surface area contributed by atoms with Gasteiger partial charge in [-0.05, 0) is 32.9 Å². The molecule has 1 rings (SSSR count). The van der Waals surface area contributed by atoms with Gasteiger partial charge in [-0.25, -0.2) is 0 Å². The van der Waals surface area contributed by atoms with E-state index in [1.807, 2.05) is 0 Å². The molecule has 0 saturated heterocycles. The van der Waals surface area contributed by atoms with E-state index >= 15 is 0 Å². The lowest BCUT2D eigenvalue weighted by Crippen LogP contribution is -2.36. The Labute approximate surface area is 144 Å². The standard InChI is InChI=1S/C20H40N2O/c1-3-4-17-22(2)18-16-20(23)21-19-14-12-10-8-6-5-7-9-11-13-15-19/h19H,3-18H2,1-2H3,(H,21,23). The van der Waals surface area contributed by atoms with E-state index in [1.165, 1.54) is 83.5 Å². The van der Waals surface area contributed by atoms with Crippen molar-refractivity contribution in [1.29, 1.82) is 0 Å². The quantitative estimate of drug-likeness (QED) is 0.722. The number of nitrogens with one attached hydrogen (secondary N) is 1. The van der Waals surface area contributed by atoms with Crippen molar-refractivity contribution in [2.75, 3.05) is 20.1 Å². The molecule has 1 N–H and O–H groups in total. The van der Waals surface area contributed by atoms with Gasteiger partial charge in [-0.3, -0.25) is 4.79 Å². The first-order chi connectivity index (χ1) is 11.2. The van der Waals surface area contributed by atoms with Gasteiger partial charge >= 0.3 is 0 Å². The van der Waals surface area contributed by atoms with Crippen molar-refractivity contribution in [1.82, 2.24) is 10.2 Å². The number of carbonyl (C=O) groups is 1. The molecule has 0 heterocycles. The molecule has 136 valence electrons. The van der Waals surface area contributed by atoms with Crippen LogP contribution in [0.25, 0.3) is 0 Å². The van der Waals surface area contributed by atoms with E-state index in [2.05, 4.69) is 24.2 Å². The third-order valence-corrected chi connectivity index (χ3v) is 5.08. The number of unbranched alkanes of at least 4 members (excludes halogenated alkanes) is 1. The topological polar surface area (TPSA) is 32.3 Å². The Balaban J connectivity index is 2.25. The van der Waals surface area contributed by atoms with E-state index in [1.54, 1.807) is 0 Å². The van der Waals surface area contributed by atoms with E-state index in [-0.39, 0.29) is 5.91 Å². The van der Waals surface area contributed by atoms with Crippen LogP contribution in [0.15, 0.2) is 0 Å². The number of carbonyl (C=O) groups excluding carboxylic acids is 1. The van der Waals surface area contributed by atoms with Gasteiger partial charge < -0.3 is 10.2 Å². The number of rotatable bonds is 7. The smallest absolute Gasteiger partial charge is 0.221 e. The van der Waals surface area contributed by atoms with Gasteiger partial charge in [-0.1, -0.05) is 71.1 Å². The zero-order chi connectivity index (χ0) is 16.8. The lowest BCUT2D eigenvalue weighted by molar-refractivity contribution is -0.122. The van der Waals surface area contributed by atoms with Crippen molar-refractivity contribution < 1.29 is 4.79 Å². The Morgan fingerprint density at radius 2 is 1.43 bits per heavy atom. The van der Waals surface area contributed by atoms with Crippen LogP contribution in [0.3, 0.4) is 0 Å². The van der Waals surface area contributed by atoms with Crippen LogP contribution in [0.5, 0.6) is 0 Å². The van der Waals surface area contributed by atoms with Crippen LogP contribution in [0.2, 0.25) is 0 Å². The minimum atomic E-state index is 0.255. The highest BCUT2D eigenvalue weighted by molar-refractivity contribution is 5.76. The normalized spacial score (nSPS) is 19.1. The van der Waals surface area contributed by atoms with Crippen molar-refractivity contribution in [3.63, 3.8) is 0 Å². The summed E-state index contributed by atoms with van der Waals surface area (Å²) in [4.78, 5) is 14.5. The molecule has 0 aliphatic heterocycles. The molecular formula is C20H40N2O. The number of hydrogen-bond acceptors (Lipinski definition) is 2. The van der Waals surface area contributed by atoms with Gasteiger partial charge in [-0.15, -0.1) is 0 Å². The molecule has 0 atom stereocenters. The minimum Gasteiger partial charge on any atom is -0.353 e. The molecule has 3 nitrogen and oxygen atoms in total. The van der Waals surface area contributed by atoms with Gasteiger partial charge in [0.1, 0.15) is 0 Å². The Morgan fingerprint density at radius 1 is 0.913 bits per heavy atom. The van der Waals surface area contributed by atoms with Crippen molar-refractivity contribution >= 4 is 5.91 Å². The number of nitrogens with zero attached hydrogens (tertiary/aromatic N) is 1. The summed E-state index contributed by atoms with van der Waals surface area (Å²) < 4.78 is 0. The summed E-state index contributed by atoms with van der Waals surface area (Å²) in [7, 11) is 2.12. The summed E-state index contributed by atoms with van der Waals surface area (Å²) in [6.07, 6.45) is 17.7. The monoisotopic (exact) mass is 324 g/mol. The molecule has 0 spiro atoms. The largest absolute Gasteiger partial charge is 0.353 e. The SMILES string of the molecule is CCCCN(C)CCC(=O)NC1CCCCCCCCCCC1. The predicted molar refractivity (Wildman–Crippen MR) is 99.7 cm³/mol. The van der Waals surface area contributed by atoms with Crippen molar-refractivity contribution in [3.8, 4) is 0 Å². The molecule has 0 unspecified atom stereocenters. The van der Waals surface area contributed by atoms with Gasteiger partial charge in [0.15, 0.2) is 0 Å². The minimum absolute atomic E-state index is 0.255. The van der Waals surface area contributed by atoms with Crippen molar-refractivity contribution in [2.24, 2.45) is 0 Å². The molecule has 1 aliphatic rings. The van der Waals surface area contributed by atoms with Crippen LogP contribution in [0.1, 0.15) is 96.8 Å². The Bertz CT molecular complexity index is 281. The van der Waals surface area contributed by atoms with Gasteiger partial charge in [0.2, 0.25) is 5.91 Å². The molecule has 0 bridgehead atoms. The predicted octanol–water partition coefficient (Wildman–Crippen LogP) is 4.90. The first-order valence-corrected chi connectivity index (χ1v) is 10.2. The Kier molecular flexibility index (Phi) is 12.3. The maximum atomic E-state index is 12.2. The summed E-state index contributed by atoms with van der Waals surface area (Å²) in [6, 6.07) is 0.419. The Hall–Kier alpha value is -0.570. The molecule has 1 saturated carbocycles. The molecule has 0 aromatic rings. The zero-order valence-electron chi connectivity index (χ0n) is 15.7. The van der Waals surface area contributed by atoms with Crippen LogP contribution >= 0.6 is 0 Å². The average molecular weight is 325 g/mol. The molecule has 3 heteroatoms. The molecule has 0 radical (unpaired) electrons. The summed E-state index contributed by atoms with van der Waals surface area (Å²) >= 11 is 0. The van der Waals surface area contributed by atoms with E-state index in [4.69, 9.17) is 0 Å². The first kappa shape index (κ1) is 20.5. The van der Waals surface area contributed by atoms with Gasteiger partial charge in [0.25, 0.3) is 0 Å². The van der Waals surface area contributed by atoms with Crippen LogP contribution in [-0.2, 0) is 4.79 Å². The lowest BCUT2D eigenvalue weighted by atomic mass is 9.98. The molecule has 1 aliphatic carbocycles. The van der Waals surface area contributed by atoms with Crippen LogP contribution < -0.4 is 5.32 Å². The maximum Gasteiger partial charge on any atom is 0.221 e. The number of amides is 1. The fourth-order valence-corrected chi connectivity index (χ4v) is 3.44. The van der Waals surface area contributed by atoms with E-state index < -0.39 is 0 Å². The second-order valence-electron chi connectivity index (χ2n) is 7.43. The fourth-order valence-electron chi connectivity index (χ4n) is 3.44. The third kappa shape index (κ3) is 11.6. The van der Waals surface area contributed by atoms with Crippen LogP contribution in [0.4, 0.5) is 0 Å². The van der Waals surface area contributed by atoms with Gasteiger partial charge in [0, 0.05) is 19.0 Å². The van der Waals surface area contributed by atoms with Crippen LogP contribution in [-0.4, -0.2) is 37.0 Å². The van der Waals surface area contributed by atoms with E-state index in [0.717, 1.165) is 13.1 Å². The highest BCUT2D eigenvalue weighted by atomic mass is 16.1. The Morgan fingerprint density at radius 3 is 1.96 bits per heavy atom. The lowest BCUT2D eigenvalue weighted by Gasteiger charge is -2.21. The summed E-state index contributed by atoms with van der Waals surface area (Å²) in [5.74, 6) is 0.255. The number of hydrogen-bond donors (Lipinski definition) is 1. The highest BCUT2D eigenvalue weighted by Gasteiger charge is 2.13. The molecule has 1 amide bonds. The zero-order valence-corrected chi connectivity index (χ0v) is 15.7. The van der Waals surface area contributed by atoms with Crippen molar-refractivity contribution in [2.45, 2.75) is 103 Å². The maximum absolute atomic E-state index is 12.2. The first-order valence-electron chi connectivity index (χ1n) is 10.2. The van der Waals surface area contributed by atoms with Gasteiger partial charge in [-0.2, -0.15) is 0 Å². The van der Waals surface area contributed by atoms with E-state index in [0.29, 0.717) is 12.5 Å². The molecule has 0 aromatic heterocycles. The molecular weight excluding hydrogens is 284 g/mol. The second kappa shape index (κ2) is 13.8. The van der Waals surface area contributed by atoms with E-state index in [9.17, 15) is 4.79 Å². The summed E-state index contributed by atoms with van der Waals surface area (Å²) in [5.41, 5.74) is 0. The summed E-state index contributed by atoms with van der Waals surface area (Å²) in [6.45, 7) is 4.20. The molecule has 23 heavy (non-hydrogen) atoms.